The van der Waals surface area contributed by atoms with Crippen molar-refractivity contribution in [3.63, 3.8) is 0 Å². The minimum absolute atomic E-state index is 0. The van der Waals surface area contributed by atoms with Crippen molar-refractivity contribution in [1.29, 1.82) is 0 Å². The highest BCUT2D eigenvalue weighted by Crippen LogP contribution is 2.25. The lowest BCUT2D eigenvalue weighted by molar-refractivity contribution is -0.183. The number of thioether (sulfide) groups is 1. The highest BCUT2D eigenvalue weighted by molar-refractivity contribution is 7.98. The molecule has 0 radical (unpaired) electrons. The summed E-state index contributed by atoms with van der Waals surface area (Å²) in [6.07, 6.45) is -2.49. The van der Waals surface area contributed by atoms with E-state index in [4.69, 9.17) is 0 Å². The molecule has 1 aliphatic heterocycles. The molecule has 1 aromatic rings. The van der Waals surface area contributed by atoms with Crippen molar-refractivity contribution in [2.24, 2.45) is 0 Å². The van der Waals surface area contributed by atoms with E-state index in [1.54, 1.807) is 19.1 Å². The molecular weight excluding hydrogens is 375 g/mol. The van der Waals surface area contributed by atoms with E-state index in [-0.39, 0.29) is 12.4 Å². The highest BCUT2D eigenvalue weighted by atomic mass is 35.5. The van der Waals surface area contributed by atoms with Crippen molar-refractivity contribution in [2.75, 3.05) is 39.0 Å². The van der Waals surface area contributed by atoms with Gasteiger partial charge in [0.15, 0.2) is 0 Å². The van der Waals surface area contributed by atoms with E-state index in [0.29, 0.717) is 31.7 Å². The van der Waals surface area contributed by atoms with Crippen molar-refractivity contribution in [3.8, 4) is 0 Å². The summed E-state index contributed by atoms with van der Waals surface area (Å²) in [5.41, 5.74) is 1.17. The molecule has 0 aliphatic carbocycles. The first-order valence-electron chi connectivity index (χ1n) is 7.77. The highest BCUT2D eigenvalue weighted by Gasteiger charge is 2.43. The third kappa shape index (κ3) is 6.06. The van der Waals surface area contributed by atoms with Gasteiger partial charge in [-0.3, -0.25) is 9.69 Å². The molecule has 2 N–H and O–H groups in total. The fraction of sp³-hybridized carbons (Fsp3) is 0.562. The Morgan fingerprint density at radius 1 is 1.36 bits per heavy atom. The van der Waals surface area contributed by atoms with Gasteiger partial charge in [-0.15, -0.1) is 24.2 Å². The molecule has 1 fully saturated rings. The molecule has 1 aliphatic rings. The molecule has 25 heavy (non-hydrogen) atoms. The Hall–Kier alpha value is -0.960. The summed E-state index contributed by atoms with van der Waals surface area (Å²) in [7, 11) is 0. The monoisotopic (exact) mass is 397 g/mol. The van der Waals surface area contributed by atoms with Gasteiger partial charge in [-0.05, 0) is 30.9 Å². The Balaban J connectivity index is 0.00000312. The number of amides is 1. The molecular formula is C16H23ClF3N3OS. The average molecular weight is 398 g/mol. The zero-order valence-electron chi connectivity index (χ0n) is 14.2. The van der Waals surface area contributed by atoms with Crippen LogP contribution in [0.1, 0.15) is 15.9 Å². The summed E-state index contributed by atoms with van der Waals surface area (Å²) in [6, 6.07) is 3.74. The number of alkyl halides is 3. The van der Waals surface area contributed by atoms with E-state index < -0.39 is 24.7 Å². The van der Waals surface area contributed by atoms with Crippen LogP contribution in [-0.4, -0.2) is 62.0 Å². The van der Waals surface area contributed by atoms with E-state index in [9.17, 15) is 18.0 Å². The van der Waals surface area contributed by atoms with E-state index in [2.05, 4.69) is 10.6 Å². The number of nitrogens with one attached hydrogen (secondary N) is 2. The van der Waals surface area contributed by atoms with Crippen molar-refractivity contribution in [2.45, 2.75) is 24.0 Å². The maximum Gasteiger partial charge on any atom is 0.405 e. The van der Waals surface area contributed by atoms with Gasteiger partial charge in [0.1, 0.15) is 6.04 Å². The van der Waals surface area contributed by atoms with E-state index in [0.717, 1.165) is 10.5 Å². The molecule has 9 heteroatoms. The first-order chi connectivity index (χ1) is 11.3. The Morgan fingerprint density at radius 3 is 2.56 bits per heavy atom. The van der Waals surface area contributed by atoms with Crippen molar-refractivity contribution < 1.29 is 18.0 Å². The molecule has 2 rings (SSSR count). The summed E-state index contributed by atoms with van der Waals surface area (Å²) < 4.78 is 40.0. The number of hydrogen-bond donors (Lipinski definition) is 2. The number of hydrogen-bond acceptors (Lipinski definition) is 4. The van der Waals surface area contributed by atoms with Gasteiger partial charge in [0.25, 0.3) is 5.91 Å². The topological polar surface area (TPSA) is 44.4 Å². The van der Waals surface area contributed by atoms with Gasteiger partial charge in [-0.1, -0.05) is 6.07 Å². The number of halogens is 4. The van der Waals surface area contributed by atoms with E-state index in [1.165, 1.54) is 16.7 Å². The molecule has 1 saturated heterocycles. The molecule has 0 saturated carbocycles. The van der Waals surface area contributed by atoms with Crippen LogP contribution in [0.15, 0.2) is 23.1 Å². The summed E-state index contributed by atoms with van der Waals surface area (Å²) in [5.74, 6) is -0.465. The van der Waals surface area contributed by atoms with E-state index in [1.807, 2.05) is 12.3 Å². The first kappa shape index (κ1) is 22.1. The second kappa shape index (κ2) is 9.66. The van der Waals surface area contributed by atoms with Crippen LogP contribution >= 0.6 is 24.2 Å². The van der Waals surface area contributed by atoms with Gasteiger partial charge in [0, 0.05) is 43.2 Å². The Morgan fingerprint density at radius 2 is 2.00 bits per heavy atom. The maximum absolute atomic E-state index is 13.3. The molecule has 1 unspecified atom stereocenters. The first-order valence-corrected chi connectivity index (χ1v) is 8.99. The molecule has 1 atom stereocenters. The van der Waals surface area contributed by atoms with Crippen LogP contribution in [0.2, 0.25) is 0 Å². The van der Waals surface area contributed by atoms with Crippen LogP contribution in [0.25, 0.3) is 0 Å². The molecule has 1 heterocycles. The normalized spacial score (nSPS) is 16.8. The zero-order chi connectivity index (χ0) is 17.7. The average Bonchev–Trinajstić information content (AvgIpc) is 2.55. The fourth-order valence-corrected chi connectivity index (χ4v) is 3.14. The van der Waals surface area contributed by atoms with Crippen LogP contribution in [0, 0.1) is 6.92 Å². The number of benzene rings is 1. The predicted octanol–water partition coefficient (Wildman–Crippen LogP) is 2.70. The molecule has 0 bridgehead atoms. The van der Waals surface area contributed by atoms with Gasteiger partial charge in [0.2, 0.25) is 0 Å². The Kier molecular flexibility index (Phi) is 8.53. The van der Waals surface area contributed by atoms with Crippen LogP contribution in [0.4, 0.5) is 13.2 Å². The number of carbonyl (C=O) groups is 1. The number of piperazine rings is 1. The number of nitrogens with zero attached hydrogens (tertiary/aromatic N) is 1. The van der Waals surface area contributed by atoms with E-state index >= 15 is 0 Å². The van der Waals surface area contributed by atoms with Crippen molar-refractivity contribution in [3.05, 3.63) is 29.3 Å². The van der Waals surface area contributed by atoms with Gasteiger partial charge in [0.05, 0.1) is 0 Å². The predicted molar refractivity (Wildman–Crippen MR) is 96.8 cm³/mol. The minimum Gasteiger partial charge on any atom is -0.350 e. The van der Waals surface area contributed by atoms with Crippen LogP contribution in [-0.2, 0) is 0 Å². The summed E-state index contributed by atoms with van der Waals surface area (Å²) in [6.45, 7) is 3.02. The second-order valence-electron chi connectivity index (χ2n) is 5.73. The molecule has 1 amide bonds. The van der Waals surface area contributed by atoms with Crippen LogP contribution in [0.5, 0.6) is 0 Å². The summed E-state index contributed by atoms with van der Waals surface area (Å²) in [5, 5.41) is 5.50. The second-order valence-corrected chi connectivity index (χ2v) is 6.61. The largest absolute Gasteiger partial charge is 0.405 e. The Bertz CT molecular complexity index is 580. The SMILES string of the molecule is CSc1ccc(C)c(C(=O)NCC(N2CCNCC2)C(F)(F)F)c1.Cl. The van der Waals surface area contributed by atoms with Gasteiger partial charge >= 0.3 is 6.18 Å². The molecule has 0 spiro atoms. The van der Waals surface area contributed by atoms with Gasteiger partial charge in [-0.25, -0.2) is 0 Å². The molecule has 0 aromatic heterocycles. The third-order valence-electron chi connectivity index (χ3n) is 4.12. The summed E-state index contributed by atoms with van der Waals surface area (Å²) in [4.78, 5) is 14.6. The van der Waals surface area contributed by atoms with Crippen LogP contribution < -0.4 is 10.6 Å². The smallest absolute Gasteiger partial charge is 0.350 e. The zero-order valence-corrected chi connectivity index (χ0v) is 15.8. The number of aryl methyl sites for hydroxylation is 1. The standard InChI is InChI=1S/C16H22F3N3OS.ClH/c1-11-3-4-12(24-2)9-13(11)15(23)21-10-14(16(17,18)19)22-7-5-20-6-8-22;/h3-4,9,14,20H,5-8,10H2,1-2H3,(H,21,23);1H. The lowest BCUT2D eigenvalue weighted by atomic mass is 10.1. The number of rotatable bonds is 5. The Labute approximate surface area is 156 Å². The summed E-state index contributed by atoms with van der Waals surface area (Å²) >= 11 is 1.49. The quantitative estimate of drug-likeness (QED) is 0.750. The van der Waals surface area contributed by atoms with Crippen LogP contribution in [0.3, 0.4) is 0 Å². The number of carbonyl (C=O) groups excluding carboxylic acids is 1. The molecule has 142 valence electrons. The lowest BCUT2D eigenvalue weighted by Crippen LogP contribution is -2.57. The van der Waals surface area contributed by atoms with Gasteiger partial charge in [-0.2, -0.15) is 13.2 Å². The molecule has 4 nitrogen and oxygen atoms in total. The van der Waals surface area contributed by atoms with Gasteiger partial charge < -0.3 is 10.6 Å². The van der Waals surface area contributed by atoms with Crippen molar-refractivity contribution >= 4 is 30.1 Å². The lowest BCUT2D eigenvalue weighted by Gasteiger charge is -2.35. The minimum atomic E-state index is -4.37. The fourth-order valence-electron chi connectivity index (χ4n) is 2.70. The molecule has 1 aromatic carbocycles. The maximum atomic E-state index is 13.3. The van der Waals surface area contributed by atoms with Crippen molar-refractivity contribution in [1.82, 2.24) is 15.5 Å². The third-order valence-corrected chi connectivity index (χ3v) is 4.84.